The molecule has 1 heterocycles. The van der Waals surface area contributed by atoms with Gasteiger partial charge in [-0.25, -0.2) is 9.07 Å². The number of fused-ring (bicyclic) bond motifs is 1. The van der Waals surface area contributed by atoms with E-state index in [-0.39, 0.29) is 5.82 Å². The monoisotopic (exact) mass is 322 g/mol. The fraction of sp³-hybridized carbons (Fsp3) is 0. The van der Waals surface area contributed by atoms with Crippen molar-refractivity contribution in [1.82, 2.24) is 9.78 Å². The number of rotatable bonds is 2. The molecule has 0 unspecified atom stereocenters. The van der Waals surface area contributed by atoms with Crippen molar-refractivity contribution in [3.63, 3.8) is 0 Å². The molecule has 0 fully saturated rings. The van der Waals surface area contributed by atoms with Crippen LogP contribution in [0.5, 0.6) is 0 Å². The van der Waals surface area contributed by atoms with E-state index in [0.717, 1.165) is 27.8 Å². The zero-order chi connectivity index (χ0) is 15.8. The van der Waals surface area contributed by atoms with Gasteiger partial charge in [-0.2, -0.15) is 5.10 Å². The number of benzene rings is 3. The Morgan fingerprint density at radius 1 is 0.870 bits per heavy atom. The highest BCUT2D eigenvalue weighted by Crippen LogP contribution is 2.31. The average Bonchev–Trinajstić information content (AvgIpc) is 2.95. The van der Waals surface area contributed by atoms with Gasteiger partial charge in [-0.05, 0) is 42.5 Å². The maximum absolute atomic E-state index is 13.2. The highest BCUT2D eigenvalue weighted by Gasteiger charge is 2.13. The highest BCUT2D eigenvalue weighted by molar-refractivity contribution is 6.31. The van der Waals surface area contributed by atoms with Crippen LogP contribution in [-0.2, 0) is 0 Å². The van der Waals surface area contributed by atoms with Gasteiger partial charge in [0.15, 0.2) is 0 Å². The minimum atomic E-state index is -0.272. The van der Waals surface area contributed by atoms with Crippen molar-refractivity contribution in [2.75, 3.05) is 0 Å². The van der Waals surface area contributed by atoms with Crippen LogP contribution in [-0.4, -0.2) is 9.78 Å². The van der Waals surface area contributed by atoms with Crippen molar-refractivity contribution in [3.8, 4) is 16.9 Å². The molecule has 0 amide bonds. The van der Waals surface area contributed by atoms with Gasteiger partial charge < -0.3 is 0 Å². The Morgan fingerprint density at radius 2 is 1.61 bits per heavy atom. The smallest absolute Gasteiger partial charge is 0.123 e. The number of nitrogens with zero attached hydrogens (tertiary/aromatic N) is 2. The first-order valence-electron chi connectivity index (χ1n) is 7.22. The van der Waals surface area contributed by atoms with Crippen LogP contribution in [0.25, 0.3) is 27.8 Å². The maximum atomic E-state index is 13.2. The van der Waals surface area contributed by atoms with Gasteiger partial charge >= 0.3 is 0 Å². The maximum Gasteiger partial charge on any atom is 0.123 e. The lowest BCUT2D eigenvalue weighted by molar-refractivity contribution is 0.627. The number of aromatic nitrogens is 2. The second kappa shape index (κ2) is 5.52. The van der Waals surface area contributed by atoms with E-state index in [1.54, 1.807) is 16.8 Å². The molecule has 0 atom stereocenters. The SMILES string of the molecule is Fc1ccc(-n2nc(-c3ccccc3)c3ccc(Cl)cc32)cc1. The van der Waals surface area contributed by atoms with Crippen LogP contribution in [0.3, 0.4) is 0 Å². The van der Waals surface area contributed by atoms with Gasteiger partial charge in [0.1, 0.15) is 11.5 Å². The molecule has 0 spiro atoms. The molecule has 4 rings (SSSR count). The van der Waals surface area contributed by atoms with Gasteiger partial charge in [-0.3, -0.25) is 0 Å². The molecule has 0 aliphatic carbocycles. The third-order valence-corrected chi connectivity index (χ3v) is 4.00. The van der Waals surface area contributed by atoms with Crippen LogP contribution >= 0.6 is 11.6 Å². The summed E-state index contributed by atoms with van der Waals surface area (Å²) in [6, 6.07) is 21.9. The van der Waals surface area contributed by atoms with Crippen LogP contribution in [0.15, 0.2) is 72.8 Å². The minimum Gasteiger partial charge on any atom is -0.232 e. The van der Waals surface area contributed by atoms with E-state index in [1.165, 1.54) is 12.1 Å². The van der Waals surface area contributed by atoms with E-state index >= 15 is 0 Å². The Bertz CT molecular complexity index is 976. The van der Waals surface area contributed by atoms with Gasteiger partial charge in [-0.15, -0.1) is 0 Å². The third kappa shape index (κ3) is 2.49. The van der Waals surface area contributed by atoms with Crippen LogP contribution < -0.4 is 0 Å². The number of halogens is 2. The lowest BCUT2D eigenvalue weighted by Crippen LogP contribution is -1.96. The molecule has 0 aliphatic rings. The summed E-state index contributed by atoms with van der Waals surface area (Å²) >= 11 is 6.16. The van der Waals surface area contributed by atoms with Gasteiger partial charge in [0.05, 0.1) is 11.2 Å². The van der Waals surface area contributed by atoms with Gasteiger partial charge in [0.25, 0.3) is 0 Å². The first-order chi connectivity index (χ1) is 11.2. The summed E-state index contributed by atoms with van der Waals surface area (Å²) < 4.78 is 15.0. The molecule has 3 aromatic carbocycles. The summed E-state index contributed by atoms with van der Waals surface area (Å²) in [5, 5.41) is 6.38. The van der Waals surface area contributed by atoms with Crippen molar-refractivity contribution in [2.24, 2.45) is 0 Å². The predicted molar refractivity (Wildman–Crippen MR) is 91.5 cm³/mol. The zero-order valence-electron chi connectivity index (χ0n) is 12.1. The van der Waals surface area contributed by atoms with E-state index in [4.69, 9.17) is 16.7 Å². The van der Waals surface area contributed by atoms with Crippen LogP contribution in [0, 0.1) is 5.82 Å². The second-order valence-electron chi connectivity index (χ2n) is 5.26. The van der Waals surface area contributed by atoms with Crippen LogP contribution in [0.2, 0.25) is 5.02 Å². The molecule has 0 radical (unpaired) electrons. The molecule has 112 valence electrons. The summed E-state index contributed by atoms with van der Waals surface area (Å²) in [4.78, 5) is 0. The van der Waals surface area contributed by atoms with E-state index in [1.807, 2.05) is 48.5 Å². The number of hydrogen-bond donors (Lipinski definition) is 0. The molecule has 0 saturated carbocycles. The minimum absolute atomic E-state index is 0.272. The molecule has 0 bridgehead atoms. The van der Waals surface area contributed by atoms with Crippen molar-refractivity contribution in [1.29, 1.82) is 0 Å². The standard InChI is InChI=1S/C19H12ClFN2/c20-14-6-11-17-18(12-14)23(16-9-7-15(21)8-10-16)22-19(17)13-4-2-1-3-5-13/h1-12H. The second-order valence-corrected chi connectivity index (χ2v) is 5.70. The van der Waals surface area contributed by atoms with Crippen LogP contribution in [0.1, 0.15) is 0 Å². The van der Waals surface area contributed by atoms with E-state index in [0.29, 0.717) is 5.02 Å². The lowest BCUT2D eigenvalue weighted by atomic mass is 10.1. The Kier molecular flexibility index (Phi) is 3.36. The molecule has 1 aromatic heterocycles. The molecule has 0 aliphatic heterocycles. The predicted octanol–water partition coefficient (Wildman–Crippen LogP) is 5.49. The third-order valence-electron chi connectivity index (χ3n) is 3.76. The molecular weight excluding hydrogens is 311 g/mol. The van der Waals surface area contributed by atoms with Crippen molar-refractivity contribution < 1.29 is 4.39 Å². The van der Waals surface area contributed by atoms with E-state index in [9.17, 15) is 4.39 Å². The fourth-order valence-electron chi connectivity index (χ4n) is 2.68. The van der Waals surface area contributed by atoms with E-state index in [2.05, 4.69) is 0 Å². The fourth-order valence-corrected chi connectivity index (χ4v) is 2.84. The average molecular weight is 323 g/mol. The summed E-state index contributed by atoms with van der Waals surface area (Å²) in [5.41, 5.74) is 3.59. The topological polar surface area (TPSA) is 17.8 Å². The van der Waals surface area contributed by atoms with Gasteiger partial charge in [0, 0.05) is 16.0 Å². The van der Waals surface area contributed by atoms with Crippen molar-refractivity contribution >= 4 is 22.5 Å². The first-order valence-corrected chi connectivity index (χ1v) is 7.60. The van der Waals surface area contributed by atoms with Crippen LogP contribution in [0.4, 0.5) is 4.39 Å². The summed E-state index contributed by atoms with van der Waals surface area (Å²) in [5.74, 6) is -0.272. The summed E-state index contributed by atoms with van der Waals surface area (Å²) in [7, 11) is 0. The van der Waals surface area contributed by atoms with Crippen molar-refractivity contribution in [2.45, 2.75) is 0 Å². The lowest BCUT2D eigenvalue weighted by Gasteiger charge is -2.03. The molecule has 4 aromatic rings. The molecule has 2 nitrogen and oxygen atoms in total. The largest absolute Gasteiger partial charge is 0.232 e. The Hall–Kier alpha value is -2.65. The quantitative estimate of drug-likeness (QED) is 0.477. The first kappa shape index (κ1) is 14.0. The summed E-state index contributed by atoms with van der Waals surface area (Å²) in [6.07, 6.45) is 0. The Labute approximate surface area is 137 Å². The van der Waals surface area contributed by atoms with Gasteiger partial charge in [0.2, 0.25) is 0 Å². The molecule has 23 heavy (non-hydrogen) atoms. The van der Waals surface area contributed by atoms with Gasteiger partial charge in [-0.1, -0.05) is 41.9 Å². The zero-order valence-corrected chi connectivity index (χ0v) is 12.8. The Morgan fingerprint density at radius 3 is 2.35 bits per heavy atom. The summed E-state index contributed by atoms with van der Waals surface area (Å²) in [6.45, 7) is 0. The molecule has 0 N–H and O–H groups in total. The Balaban J connectivity index is 2.01. The molecular formula is C19H12ClFN2. The number of hydrogen-bond acceptors (Lipinski definition) is 1. The molecule has 0 saturated heterocycles. The normalized spacial score (nSPS) is 11.0. The van der Waals surface area contributed by atoms with E-state index < -0.39 is 0 Å². The molecule has 4 heteroatoms. The van der Waals surface area contributed by atoms with Crippen molar-refractivity contribution in [3.05, 3.63) is 83.6 Å². The highest BCUT2D eigenvalue weighted by atomic mass is 35.5.